The van der Waals surface area contributed by atoms with Gasteiger partial charge in [-0.25, -0.2) is 4.79 Å². The van der Waals surface area contributed by atoms with E-state index in [1.165, 1.54) is 4.90 Å². The molecule has 0 unspecified atom stereocenters. The summed E-state index contributed by atoms with van der Waals surface area (Å²) >= 11 is 6.73. The minimum atomic E-state index is -0.380. The van der Waals surface area contributed by atoms with E-state index in [1.54, 1.807) is 0 Å². The molecule has 1 saturated heterocycles. The van der Waals surface area contributed by atoms with Crippen molar-refractivity contribution in [1.29, 1.82) is 0 Å². The molecule has 0 aromatic heterocycles. The Morgan fingerprint density at radius 2 is 2.00 bits per heavy atom. The summed E-state index contributed by atoms with van der Waals surface area (Å²) in [6, 6.07) is 5.18. The van der Waals surface area contributed by atoms with Crippen LogP contribution in [-0.2, 0) is 4.79 Å². The molecule has 0 radical (unpaired) electrons. The topological polar surface area (TPSA) is 49.4 Å². The molecule has 0 saturated carbocycles. The number of nitrogens with zero attached hydrogens (tertiary/aromatic N) is 1. The molecule has 1 aromatic rings. The summed E-state index contributed by atoms with van der Waals surface area (Å²) in [5.41, 5.74) is 0.749. The van der Waals surface area contributed by atoms with Crippen LogP contribution in [0.1, 0.15) is 6.42 Å². The Kier molecular flexibility index (Phi) is 3.30. The average molecular weight is 348 g/mol. The second-order valence-electron chi connectivity index (χ2n) is 3.35. The quantitative estimate of drug-likeness (QED) is 0.849. The van der Waals surface area contributed by atoms with E-state index >= 15 is 0 Å². The number of nitrogens with one attached hydrogen (secondary N) is 1. The van der Waals surface area contributed by atoms with Gasteiger partial charge in [0.2, 0.25) is 5.91 Å². The summed E-state index contributed by atoms with van der Waals surface area (Å²) in [5.74, 6) is -0.229. The normalized spacial score (nSPS) is 16.2. The van der Waals surface area contributed by atoms with E-state index in [9.17, 15) is 9.59 Å². The molecule has 6 heteroatoms. The maximum atomic E-state index is 11.6. The van der Waals surface area contributed by atoms with E-state index in [2.05, 4.69) is 37.2 Å². The van der Waals surface area contributed by atoms with Crippen LogP contribution in [-0.4, -0.2) is 18.5 Å². The van der Waals surface area contributed by atoms with Crippen molar-refractivity contribution in [2.45, 2.75) is 6.42 Å². The summed E-state index contributed by atoms with van der Waals surface area (Å²) in [6.07, 6.45) is 0.324. The van der Waals surface area contributed by atoms with Crippen LogP contribution >= 0.6 is 31.9 Å². The molecule has 84 valence electrons. The predicted molar refractivity (Wildman–Crippen MR) is 67.3 cm³/mol. The van der Waals surface area contributed by atoms with E-state index in [4.69, 9.17) is 0 Å². The second-order valence-corrected chi connectivity index (χ2v) is 5.12. The number of imide groups is 1. The Labute approximate surface area is 109 Å². The van der Waals surface area contributed by atoms with Crippen LogP contribution in [0.5, 0.6) is 0 Å². The molecule has 16 heavy (non-hydrogen) atoms. The summed E-state index contributed by atoms with van der Waals surface area (Å²) in [7, 11) is 0. The average Bonchev–Trinajstić information content (AvgIpc) is 2.22. The molecule has 0 spiro atoms. The summed E-state index contributed by atoms with van der Waals surface area (Å²) < 4.78 is 1.70. The SMILES string of the molecule is O=C1CCN(c2cc(Br)ccc2Br)C(=O)N1. The maximum absolute atomic E-state index is 11.6. The minimum absolute atomic E-state index is 0.229. The molecule has 3 amide bonds. The molecule has 1 aliphatic heterocycles. The smallest absolute Gasteiger partial charge is 0.292 e. The molecule has 1 aromatic carbocycles. The highest BCUT2D eigenvalue weighted by atomic mass is 79.9. The number of urea groups is 1. The van der Waals surface area contributed by atoms with Crippen LogP contribution in [0, 0.1) is 0 Å². The first-order valence-corrected chi connectivity index (χ1v) is 6.23. The zero-order valence-corrected chi connectivity index (χ0v) is 11.3. The van der Waals surface area contributed by atoms with Crippen molar-refractivity contribution in [2.24, 2.45) is 0 Å². The standard InChI is InChI=1S/C10H8Br2N2O2/c11-6-1-2-7(12)8(5-6)14-4-3-9(15)13-10(14)16/h1-2,5H,3-4H2,(H,13,15,16). The van der Waals surface area contributed by atoms with Crippen molar-refractivity contribution in [3.8, 4) is 0 Å². The third-order valence-corrected chi connectivity index (χ3v) is 3.42. The fourth-order valence-corrected chi connectivity index (χ4v) is 2.30. The Morgan fingerprint density at radius 3 is 2.69 bits per heavy atom. The number of benzene rings is 1. The fraction of sp³-hybridized carbons (Fsp3) is 0.200. The first kappa shape index (κ1) is 11.6. The lowest BCUT2D eigenvalue weighted by Crippen LogP contribution is -2.49. The van der Waals surface area contributed by atoms with Crippen molar-refractivity contribution in [1.82, 2.24) is 5.32 Å². The molecular weight excluding hydrogens is 340 g/mol. The van der Waals surface area contributed by atoms with Crippen LogP contribution in [0.2, 0.25) is 0 Å². The largest absolute Gasteiger partial charge is 0.328 e. The van der Waals surface area contributed by atoms with Gasteiger partial charge in [0.25, 0.3) is 0 Å². The monoisotopic (exact) mass is 346 g/mol. The van der Waals surface area contributed by atoms with Gasteiger partial charge in [0.1, 0.15) is 0 Å². The van der Waals surface area contributed by atoms with Gasteiger partial charge in [0.15, 0.2) is 0 Å². The molecular formula is C10H8Br2N2O2. The van der Waals surface area contributed by atoms with Crippen LogP contribution in [0.4, 0.5) is 10.5 Å². The number of rotatable bonds is 1. The van der Waals surface area contributed by atoms with Gasteiger partial charge in [0, 0.05) is 21.9 Å². The van der Waals surface area contributed by atoms with Crippen LogP contribution in [0.15, 0.2) is 27.1 Å². The van der Waals surface area contributed by atoms with E-state index < -0.39 is 0 Å². The molecule has 0 atom stereocenters. The van der Waals surface area contributed by atoms with E-state index in [-0.39, 0.29) is 11.9 Å². The van der Waals surface area contributed by atoms with Gasteiger partial charge >= 0.3 is 6.03 Å². The summed E-state index contributed by atoms with van der Waals surface area (Å²) in [5, 5.41) is 2.29. The van der Waals surface area contributed by atoms with Crippen molar-refractivity contribution < 1.29 is 9.59 Å². The van der Waals surface area contributed by atoms with Gasteiger partial charge in [-0.2, -0.15) is 0 Å². The van der Waals surface area contributed by atoms with Gasteiger partial charge in [-0.3, -0.25) is 15.0 Å². The number of amides is 3. The van der Waals surface area contributed by atoms with Gasteiger partial charge in [-0.1, -0.05) is 15.9 Å². The predicted octanol–water partition coefficient (Wildman–Crippen LogP) is 2.66. The summed E-state index contributed by atoms with van der Waals surface area (Å²) in [4.78, 5) is 24.2. The first-order chi connectivity index (χ1) is 7.58. The lowest BCUT2D eigenvalue weighted by atomic mass is 10.2. The third-order valence-electron chi connectivity index (χ3n) is 2.25. The number of carbonyl (C=O) groups is 2. The zero-order chi connectivity index (χ0) is 11.7. The Bertz CT molecular complexity index is 462. The highest BCUT2D eigenvalue weighted by Gasteiger charge is 2.25. The van der Waals surface area contributed by atoms with Crippen molar-refractivity contribution in [3.63, 3.8) is 0 Å². The first-order valence-electron chi connectivity index (χ1n) is 4.64. The number of hydrogen-bond acceptors (Lipinski definition) is 2. The van der Waals surface area contributed by atoms with Gasteiger partial charge < -0.3 is 0 Å². The molecule has 1 aliphatic rings. The van der Waals surface area contributed by atoms with E-state index in [1.807, 2.05) is 18.2 Å². The molecule has 4 nitrogen and oxygen atoms in total. The van der Waals surface area contributed by atoms with Crippen molar-refractivity contribution >= 4 is 49.5 Å². The number of halogens is 2. The van der Waals surface area contributed by atoms with Crippen molar-refractivity contribution in [3.05, 3.63) is 27.1 Å². The molecule has 1 fully saturated rings. The Morgan fingerprint density at radius 1 is 1.25 bits per heavy atom. The van der Waals surface area contributed by atoms with Crippen LogP contribution in [0.25, 0.3) is 0 Å². The number of carbonyl (C=O) groups excluding carboxylic acids is 2. The van der Waals surface area contributed by atoms with Gasteiger partial charge in [-0.15, -0.1) is 0 Å². The third kappa shape index (κ3) is 2.27. The molecule has 0 bridgehead atoms. The molecule has 1 heterocycles. The fourth-order valence-electron chi connectivity index (χ4n) is 1.49. The number of hydrogen-bond donors (Lipinski definition) is 1. The Balaban J connectivity index is 2.33. The van der Waals surface area contributed by atoms with E-state index in [0.717, 1.165) is 14.6 Å². The van der Waals surface area contributed by atoms with Crippen LogP contribution < -0.4 is 10.2 Å². The second kappa shape index (κ2) is 4.55. The van der Waals surface area contributed by atoms with E-state index in [0.29, 0.717) is 13.0 Å². The van der Waals surface area contributed by atoms with Gasteiger partial charge in [0.05, 0.1) is 5.69 Å². The highest BCUT2D eigenvalue weighted by molar-refractivity contribution is 9.11. The maximum Gasteiger partial charge on any atom is 0.328 e. The summed E-state index contributed by atoms with van der Waals surface area (Å²) in [6.45, 7) is 0.402. The lowest BCUT2D eigenvalue weighted by Gasteiger charge is -2.27. The van der Waals surface area contributed by atoms with Gasteiger partial charge in [-0.05, 0) is 34.1 Å². The highest BCUT2D eigenvalue weighted by Crippen LogP contribution is 2.30. The molecule has 2 rings (SSSR count). The van der Waals surface area contributed by atoms with Crippen molar-refractivity contribution in [2.75, 3.05) is 11.4 Å². The van der Waals surface area contributed by atoms with Crippen LogP contribution in [0.3, 0.4) is 0 Å². The molecule has 1 N–H and O–H groups in total. The Hall–Kier alpha value is -0.880. The zero-order valence-electron chi connectivity index (χ0n) is 8.17. The lowest BCUT2D eigenvalue weighted by molar-refractivity contribution is -0.120. The minimum Gasteiger partial charge on any atom is -0.292 e. The number of anilines is 1. The molecule has 0 aliphatic carbocycles.